The van der Waals surface area contributed by atoms with Crippen molar-refractivity contribution in [2.45, 2.75) is 44.8 Å². The monoisotopic (exact) mass is 414 g/mol. The third-order valence-corrected chi connectivity index (χ3v) is 6.81. The van der Waals surface area contributed by atoms with Gasteiger partial charge in [-0.25, -0.2) is 8.42 Å². The van der Waals surface area contributed by atoms with E-state index in [1.165, 1.54) is 28.3 Å². The molecule has 1 N–H and O–H groups in total. The molecule has 7 heteroatoms. The number of rotatable bonds is 4. The molecule has 0 saturated heterocycles. The first-order valence-electron chi connectivity index (χ1n) is 9.98. The maximum atomic E-state index is 12.9. The molecule has 2 aliphatic rings. The Morgan fingerprint density at radius 3 is 2.62 bits per heavy atom. The highest BCUT2D eigenvalue weighted by molar-refractivity contribution is 7.92. The van der Waals surface area contributed by atoms with Gasteiger partial charge in [-0.05, 0) is 61.4 Å². The van der Waals surface area contributed by atoms with E-state index in [4.69, 9.17) is 4.74 Å². The molecule has 2 atom stereocenters. The fraction of sp³-hybridized carbons (Fsp3) is 0.409. The Balaban J connectivity index is 1.51. The number of benzene rings is 2. The largest absolute Gasteiger partial charge is 0.476 e. The number of carbonyl (C=O) groups is 1. The van der Waals surface area contributed by atoms with Crippen LogP contribution < -0.4 is 14.4 Å². The molecule has 1 aliphatic carbocycles. The topological polar surface area (TPSA) is 75.7 Å². The number of carbonyl (C=O) groups excluding carboxylic acids is 1. The molecular weight excluding hydrogens is 388 g/mol. The second kappa shape index (κ2) is 7.71. The summed E-state index contributed by atoms with van der Waals surface area (Å²) in [5, 5.41) is 2.99. The quantitative estimate of drug-likeness (QED) is 0.835. The fourth-order valence-corrected chi connectivity index (χ4v) is 4.98. The van der Waals surface area contributed by atoms with Crippen molar-refractivity contribution >= 4 is 21.6 Å². The molecule has 0 bridgehead atoms. The number of nitrogens with zero attached hydrogens (tertiary/aromatic N) is 1. The first kappa shape index (κ1) is 19.8. The molecule has 2 aromatic rings. The molecule has 0 radical (unpaired) electrons. The van der Waals surface area contributed by atoms with Gasteiger partial charge in [-0.2, -0.15) is 0 Å². The van der Waals surface area contributed by atoms with Crippen LogP contribution in [-0.2, 0) is 27.7 Å². The average Bonchev–Trinajstić information content (AvgIpc) is 2.71. The van der Waals surface area contributed by atoms with Crippen molar-refractivity contribution in [3.8, 4) is 5.75 Å². The maximum Gasteiger partial charge on any atom is 0.263 e. The van der Waals surface area contributed by atoms with E-state index in [1.54, 1.807) is 24.3 Å². The Labute approximate surface area is 171 Å². The second-order valence-electron chi connectivity index (χ2n) is 7.83. The standard InChI is InChI=1S/C22H26N2O4S/c1-15(17-12-11-16-7-3-4-8-18(16)13-17)23-22(25)21-14-24(29(2,26)27)19-9-5-6-10-20(19)28-21/h5-6,9-13,15,21H,3-4,7-8,14H2,1-2H3,(H,23,25)/t15-,21-/m0/s1. The molecular formula is C22H26N2O4S. The van der Waals surface area contributed by atoms with E-state index in [1.807, 2.05) is 6.92 Å². The van der Waals surface area contributed by atoms with Crippen LogP contribution in [-0.4, -0.2) is 33.2 Å². The van der Waals surface area contributed by atoms with Gasteiger partial charge in [0.25, 0.3) is 5.91 Å². The zero-order chi connectivity index (χ0) is 20.6. The number of ether oxygens (including phenoxy) is 1. The van der Waals surface area contributed by atoms with E-state index in [0.717, 1.165) is 24.7 Å². The van der Waals surface area contributed by atoms with Crippen LogP contribution in [0.2, 0.25) is 0 Å². The summed E-state index contributed by atoms with van der Waals surface area (Å²) in [5.74, 6) is 0.0733. The summed E-state index contributed by atoms with van der Waals surface area (Å²) in [6.07, 6.45) is 4.87. The Morgan fingerprint density at radius 1 is 1.14 bits per heavy atom. The number of aryl methyl sites for hydroxylation is 2. The van der Waals surface area contributed by atoms with E-state index in [-0.39, 0.29) is 18.5 Å². The minimum Gasteiger partial charge on any atom is -0.476 e. The Kier molecular flexibility index (Phi) is 5.25. The van der Waals surface area contributed by atoms with Crippen LogP contribution in [0.25, 0.3) is 0 Å². The fourth-order valence-electron chi connectivity index (χ4n) is 4.07. The van der Waals surface area contributed by atoms with Crippen molar-refractivity contribution in [1.29, 1.82) is 0 Å². The van der Waals surface area contributed by atoms with Gasteiger partial charge in [0.1, 0.15) is 5.75 Å². The third-order valence-electron chi connectivity index (χ3n) is 5.66. The molecule has 6 nitrogen and oxygen atoms in total. The van der Waals surface area contributed by atoms with Crippen LogP contribution >= 0.6 is 0 Å². The summed E-state index contributed by atoms with van der Waals surface area (Å²) < 4.78 is 31.5. The Morgan fingerprint density at radius 2 is 1.86 bits per heavy atom. The van der Waals surface area contributed by atoms with E-state index >= 15 is 0 Å². The summed E-state index contributed by atoms with van der Waals surface area (Å²) in [7, 11) is -3.52. The van der Waals surface area contributed by atoms with E-state index in [2.05, 4.69) is 23.5 Å². The first-order valence-corrected chi connectivity index (χ1v) is 11.8. The first-order chi connectivity index (χ1) is 13.8. The molecule has 0 aromatic heterocycles. The minimum atomic E-state index is -3.52. The van der Waals surface area contributed by atoms with Gasteiger partial charge in [-0.1, -0.05) is 30.3 Å². The number of amides is 1. The number of sulfonamides is 1. The molecule has 4 rings (SSSR count). The van der Waals surface area contributed by atoms with Crippen molar-refractivity contribution in [2.75, 3.05) is 17.1 Å². The van der Waals surface area contributed by atoms with Crippen LogP contribution in [0.1, 0.15) is 42.5 Å². The van der Waals surface area contributed by atoms with Crippen LogP contribution in [0.3, 0.4) is 0 Å². The van der Waals surface area contributed by atoms with E-state index < -0.39 is 16.1 Å². The highest BCUT2D eigenvalue weighted by Crippen LogP contribution is 2.34. The number of hydrogen-bond acceptors (Lipinski definition) is 4. The molecule has 0 spiro atoms. The lowest BCUT2D eigenvalue weighted by atomic mass is 9.89. The van der Waals surface area contributed by atoms with Crippen LogP contribution in [0.5, 0.6) is 5.75 Å². The smallest absolute Gasteiger partial charge is 0.263 e. The lowest BCUT2D eigenvalue weighted by Gasteiger charge is -2.34. The van der Waals surface area contributed by atoms with Crippen molar-refractivity contribution < 1.29 is 17.9 Å². The summed E-state index contributed by atoms with van der Waals surface area (Å²) >= 11 is 0. The highest BCUT2D eigenvalue weighted by Gasteiger charge is 2.35. The number of para-hydroxylation sites is 2. The maximum absolute atomic E-state index is 12.9. The number of hydrogen-bond donors (Lipinski definition) is 1. The minimum absolute atomic E-state index is 0.0431. The number of fused-ring (bicyclic) bond motifs is 2. The van der Waals surface area contributed by atoms with Gasteiger partial charge in [0, 0.05) is 0 Å². The average molecular weight is 415 g/mol. The zero-order valence-corrected chi connectivity index (χ0v) is 17.5. The predicted octanol–water partition coefficient (Wildman–Crippen LogP) is 2.97. The van der Waals surface area contributed by atoms with Crippen molar-refractivity contribution in [3.05, 3.63) is 59.2 Å². The molecule has 29 heavy (non-hydrogen) atoms. The van der Waals surface area contributed by atoms with Gasteiger partial charge in [0.2, 0.25) is 10.0 Å². The van der Waals surface area contributed by atoms with Crippen LogP contribution in [0.15, 0.2) is 42.5 Å². The van der Waals surface area contributed by atoms with Gasteiger partial charge >= 0.3 is 0 Å². The van der Waals surface area contributed by atoms with Crippen molar-refractivity contribution in [2.24, 2.45) is 0 Å². The molecule has 0 saturated carbocycles. The number of nitrogens with one attached hydrogen (secondary N) is 1. The van der Waals surface area contributed by atoms with E-state index in [0.29, 0.717) is 11.4 Å². The Hall–Kier alpha value is -2.54. The van der Waals surface area contributed by atoms with Gasteiger partial charge in [0.05, 0.1) is 24.5 Å². The molecule has 154 valence electrons. The molecule has 1 heterocycles. The second-order valence-corrected chi connectivity index (χ2v) is 9.74. The lowest BCUT2D eigenvalue weighted by molar-refractivity contribution is -0.128. The third kappa shape index (κ3) is 4.10. The van der Waals surface area contributed by atoms with Gasteiger partial charge < -0.3 is 10.1 Å². The van der Waals surface area contributed by atoms with Gasteiger partial charge in [0.15, 0.2) is 6.10 Å². The van der Waals surface area contributed by atoms with Crippen molar-refractivity contribution in [3.63, 3.8) is 0 Å². The van der Waals surface area contributed by atoms with E-state index in [9.17, 15) is 13.2 Å². The predicted molar refractivity (Wildman–Crippen MR) is 113 cm³/mol. The number of anilines is 1. The normalized spacial score (nSPS) is 19.5. The highest BCUT2D eigenvalue weighted by atomic mass is 32.2. The van der Waals surface area contributed by atoms with Crippen molar-refractivity contribution in [1.82, 2.24) is 5.32 Å². The molecule has 0 fully saturated rings. The summed E-state index contributed by atoms with van der Waals surface area (Å²) in [6, 6.07) is 13.1. The molecule has 1 aliphatic heterocycles. The zero-order valence-electron chi connectivity index (χ0n) is 16.7. The van der Waals surface area contributed by atoms with Gasteiger partial charge in [-0.3, -0.25) is 9.10 Å². The lowest BCUT2D eigenvalue weighted by Crippen LogP contribution is -2.50. The molecule has 1 amide bonds. The van der Waals surface area contributed by atoms with Gasteiger partial charge in [-0.15, -0.1) is 0 Å². The van der Waals surface area contributed by atoms with Crippen LogP contribution in [0.4, 0.5) is 5.69 Å². The SMILES string of the molecule is C[C@H](NC(=O)[C@@H]1CN(S(C)(=O)=O)c2ccccc2O1)c1ccc2c(c1)CCCC2. The summed E-state index contributed by atoms with van der Waals surface area (Å²) in [4.78, 5) is 12.9. The molecule has 0 unspecified atom stereocenters. The summed E-state index contributed by atoms with van der Waals surface area (Å²) in [5.41, 5.74) is 4.27. The Bertz CT molecular complexity index is 1030. The molecule has 2 aromatic carbocycles. The van der Waals surface area contributed by atoms with Crippen LogP contribution in [0, 0.1) is 0 Å². The summed E-state index contributed by atoms with van der Waals surface area (Å²) in [6.45, 7) is 1.89.